The van der Waals surface area contributed by atoms with Crippen molar-refractivity contribution < 1.29 is 9.47 Å². The number of nitrogens with zero attached hydrogens (tertiary/aromatic N) is 4. The van der Waals surface area contributed by atoms with Crippen LogP contribution in [-0.4, -0.2) is 19.3 Å². The van der Waals surface area contributed by atoms with Crippen LogP contribution >= 0.6 is 0 Å². The van der Waals surface area contributed by atoms with E-state index in [4.69, 9.17) is 9.47 Å². The largest absolute Gasteiger partial charge is 0.471 e. The lowest BCUT2D eigenvalue weighted by atomic mass is 9.97. The second-order valence-corrected chi connectivity index (χ2v) is 11.6. The molecule has 6 heteroatoms. The molecule has 0 fully saturated rings. The van der Waals surface area contributed by atoms with Crippen LogP contribution in [0.4, 0.5) is 0 Å². The third-order valence-corrected chi connectivity index (χ3v) is 8.85. The number of aromatic nitrogens is 4. The van der Waals surface area contributed by atoms with Gasteiger partial charge in [-0.3, -0.25) is 0 Å². The van der Waals surface area contributed by atoms with Crippen molar-refractivity contribution >= 4 is 32.3 Å². The Morgan fingerprint density at radius 2 is 0.870 bits per heavy atom. The maximum atomic E-state index is 6.51. The molecule has 8 aromatic rings. The average Bonchev–Trinajstić information content (AvgIpc) is 3.73. The number of hydrogen-bond donors (Lipinski definition) is 0. The normalized spacial score (nSPS) is 11.4. The average molecular weight is 601 g/mol. The van der Waals surface area contributed by atoms with Crippen LogP contribution in [0, 0.1) is 0 Å². The van der Waals surface area contributed by atoms with Crippen LogP contribution in [0.5, 0.6) is 11.8 Å². The third-order valence-electron chi connectivity index (χ3n) is 8.85. The van der Waals surface area contributed by atoms with Crippen molar-refractivity contribution in [3.05, 3.63) is 145 Å². The van der Waals surface area contributed by atoms with Crippen molar-refractivity contribution in [2.75, 3.05) is 0 Å². The van der Waals surface area contributed by atoms with Crippen LogP contribution < -0.4 is 9.47 Å². The molecule has 0 aliphatic heterocycles. The van der Waals surface area contributed by atoms with E-state index in [2.05, 4.69) is 143 Å². The van der Waals surface area contributed by atoms with Crippen molar-refractivity contribution in [1.29, 1.82) is 0 Å². The van der Waals surface area contributed by atoms with Crippen LogP contribution in [0.1, 0.15) is 11.1 Å². The van der Waals surface area contributed by atoms with Crippen molar-refractivity contribution in [2.24, 2.45) is 14.1 Å². The molecule has 3 heterocycles. The molecule has 0 aliphatic rings. The summed E-state index contributed by atoms with van der Waals surface area (Å²) < 4.78 is 17.3. The summed E-state index contributed by atoms with van der Waals surface area (Å²) >= 11 is 0. The quantitative estimate of drug-likeness (QED) is 0.175. The zero-order valence-corrected chi connectivity index (χ0v) is 25.7. The minimum Gasteiger partial charge on any atom is -0.471 e. The summed E-state index contributed by atoms with van der Waals surface area (Å²) in [6.07, 6.45) is 4.13. The highest BCUT2D eigenvalue weighted by Crippen LogP contribution is 2.36. The van der Waals surface area contributed by atoms with Crippen LogP contribution in [-0.2, 0) is 27.3 Å². The summed E-state index contributed by atoms with van der Waals surface area (Å²) in [5, 5.41) is 15.5. The summed E-state index contributed by atoms with van der Waals surface area (Å²) in [6.45, 7) is 0.688. The van der Waals surface area contributed by atoms with Crippen molar-refractivity contribution in [3.8, 4) is 34.3 Å². The van der Waals surface area contributed by atoms with Gasteiger partial charge in [0.1, 0.15) is 13.2 Å². The van der Waals surface area contributed by atoms with E-state index in [0.29, 0.717) is 25.0 Å². The third kappa shape index (κ3) is 4.85. The smallest absolute Gasteiger partial charge is 0.242 e. The molecule has 3 aromatic heterocycles. The summed E-state index contributed by atoms with van der Waals surface area (Å²) in [4.78, 5) is 0. The topological polar surface area (TPSA) is 54.1 Å². The van der Waals surface area contributed by atoms with E-state index >= 15 is 0 Å². The minimum absolute atomic E-state index is 0.344. The van der Waals surface area contributed by atoms with Crippen molar-refractivity contribution in [2.45, 2.75) is 13.2 Å². The molecule has 0 unspecified atom stereocenters. The van der Waals surface area contributed by atoms with E-state index in [1.54, 1.807) is 0 Å². The maximum Gasteiger partial charge on any atom is 0.242 e. The minimum atomic E-state index is 0.344. The lowest BCUT2D eigenvalue weighted by Crippen LogP contribution is -2.06. The first-order valence-electron chi connectivity index (χ1n) is 15.4. The molecule has 0 saturated carbocycles. The first kappa shape index (κ1) is 27.7. The summed E-state index contributed by atoms with van der Waals surface area (Å²) in [6, 6.07) is 41.9. The molecular formula is C40H32N4O2. The Labute approximate surface area is 267 Å². The number of ether oxygens (including phenoxy) is 2. The fourth-order valence-electron chi connectivity index (χ4n) is 6.49. The van der Waals surface area contributed by atoms with Crippen LogP contribution in [0.15, 0.2) is 134 Å². The van der Waals surface area contributed by atoms with Gasteiger partial charge in [-0.2, -0.15) is 0 Å². The molecule has 0 bridgehead atoms. The lowest BCUT2D eigenvalue weighted by Gasteiger charge is -2.17. The molecule has 0 spiro atoms. The highest BCUT2D eigenvalue weighted by Gasteiger charge is 2.18. The van der Waals surface area contributed by atoms with Gasteiger partial charge in [-0.25, -0.2) is 0 Å². The van der Waals surface area contributed by atoms with Gasteiger partial charge in [0.05, 0.1) is 10.8 Å². The molecule has 0 amide bonds. The number of hydrogen-bond acceptors (Lipinski definition) is 4. The monoisotopic (exact) mass is 600 g/mol. The van der Waals surface area contributed by atoms with Crippen LogP contribution in [0.3, 0.4) is 0 Å². The van der Waals surface area contributed by atoms with E-state index in [1.807, 2.05) is 24.3 Å². The van der Waals surface area contributed by atoms with E-state index in [0.717, 1.165) is 55.2 Å². The molecule has 0 aliphatic carbocycles. The molecular weight excluding hydrogens is 568 g/mol. The molecule has 46 heavy (non-hydrogen) atoms. The predicted octanol–water partition coefficient (Wildman–Crippen LogP) is 9.11. The number of aryl methyl sites for hydroxylation is 2. The van der Waals surface area contributed by atoms with Gasteiger partial charge in [0.15, 0.2) is 0 Å². The molecule has 8 rings (SSSR count). The Morgan fingerprint density at radius 3 is 1.28 bits per heavy atom. The zero-order chi connectivity index (χ0) is 31.0. The van der Waals surface area contributed by atoms with Gasteiger partial charge in [0.2, 0.25) is 11.8 Å². The van der Waals surface area contributed by atoms with Gasteiger partial charge < -0.3 is 18.6 Å². The van der Waals surface area contributed by atoms with Crippen molar-refractivity contribution in [1.82, 2.24) is 19.3 Å². The van der Waals surface area contributed by atoms with Gasteiger partial charge in [-0.15, -0.1) is 10.2 Å². The van der Waals surface area contributed by atoms with Crippen LogP contribution in [0.2, 0.25) is 0 Å². The highest BCUT2D eigenvalue weighted by atomic mass is 16.5. The van der Waals surface area contributed by atoms with Gasteiger partial charge in [-0.1, -0.05) is 84.9 Å². The van der Waals surface area contributed by atoms with E-state index in [9.17, 15) is 0 Å². The SMILES string of the molecule is Cn1cccc1-c1ccc2ccccc2c1COc1nnc(OCc2c(-c3cccn3C)ccc3ccccc23)c2ccccc12. The molecule has 224 valence electrons. The number of rotatable bonds is 8. The summed E-state index contributed by atoms with van der Waals surface area (Å²) in [5.41, 5.74) is 6.74. The standard InChI is InChI=1S/C40H32N4O2/c1-43-23-9-17-37(43)31-21-19-27-11-3-5-13-29(27)35(31)25-45-39-33-15-7-8-16-34(33)40(42-41-39)46-26-36-30-14-6-4-12-28(30)20-22-32(36)38-18-10-24-44(38)2/h3-24H,25-26H2,1-2H3. The van der Waals surface area contributed by atoms with E-state index in [-0.39, 0.29) is 0 Å². The number of benzene rings is 5. The molecule has 5 aromatic carbocycles. The van der Waals surface area contributed by atoms with Crippen molar-refractivity contribution in [3.63, 3.8) is 0 Å². The Kier molecular flexibility index (Phi) is 6.95. The molecule has 0 radical (unpaired) electrons. The Hall–Kier alpha value is -5.88. The first-order chi connectivity index (χ1) is 22.7. The zero-order valence-electron chi connectivity index (χ0n) is 25.7. The first-order valence-corrected chi connectivity index (χ1v) is 15.4. The van der Waals surface area contributed by atoms with Gasteiger partial charge >= 0.3 is 0 Å². The summed E-state index contributed by atoms with van der Waals surface area (Å²) in [5.74, 6) is 0.951. The summed E-state index contributed by atoms with van der Waals surface area (Å²) in [7, 11) is 4.13. The number of fused-ring (bicyclic) bond motifs is 3. The lowest BCUT2D eigenvalue weighted by molar-refractivity contribution is 0.280. The molecule has 0 atom stereocenters. The van der Waals surface area contributed by atoms with Crippen LogP contribution in [0.25, 0.3) is 54.8 Å². The van der Waals surface area contributed by atoms with E-state index < -0.39 is 0 Å². The van der Waals surface area contributed by atoms with Gasteiger partial charge in [0.25, 0.3) is 0 Å². The Morgan fingerprint density at radius 1 is 0.457 bits per heavy atom. The molecule has 0 N–H and O–H groups in total. The maximum absolute atomic E-state index is 6.51. The Bertz CT molecular complexity index is 2200. The fraction of sp³-hybridized carbons (Fsp3) is 0.100. The highest BCUT2D eigenvalue weighted by molar-refractivity contribution is 5.93. The second-order valence-electron chi connectivity index (χ2n) is 11.6. The molecule has 0 saturated heterocycles. The second kappa shape index (κ2) is 11.6. The van der Waals surface area contributed by atoms with E-state index in [1.165, 1.54) is 10.8 Å². The fourth-order valence-corrected chi connectivity index (χ4v) is 6.49. The predicted molar refractivity (Wildman–Crippen MR) is 185 cm³/mol. The van der Waals surface area contributed by atoms with Gasteiger partial charge in [-0.05, 0) is 57.9 Å². The molecule has 6 nitrogen and oxygen atoms in total. The Balaban J connectivity index is 1.14. The van der Waals surface area contributed by atoms with Gasteiger partial charge in [0, 0.05) is 60.1 Å².